The Hall–Kier alpha value is -1.39. The van der Waals surface area contributed by atoms with E-state index in [9.17, 15) is 4.79 Å². The number of nitrogens with two attached hydrogens (primary N) is 1. The van der Waals surface area contributed by atoms with Crippen molar-refractivity contribution in [2.45, 2.75) is 0 Å². The van der Waals surface area contributed by atoms with Gasteiger partial charge >= 0.3 is 0 Å². The van der Waals surface area contributed by atoms with Gasteiger partial charge < -0.3 is 5.73 Å². The Morgan fingerprint density at radius 3 is 2.67 bits per heavy atom. The van der Waals surface area contributed by atoms with Gasteiger partial charge in [0.05, 0.1) is 5.52 Å². The number of halogens is 2. The van der Waals surface area contributed by atoms with Crippen LogP contribution in [0.4, 0.5) is 0 Å². The van der Waals surface area contributed by atoms with Crippen LogP contribution in [0.15, 0.2) is 18.2 Å². The number of hydrogen-bond donors (Lipinski definition) is 1. The van der Waals surface area contributed by atoms with Crippen molar-refractivity contribution in [3.63, 3.8) is 0 Å². The number of fused-ring (bicyclic) bond motifs is 1. The largest absolute Gasteiger partial charge is 0.366 e. The molecule has 0 bridgehead atoms. The summed E-state index contributed by atoms with van der Waals surface area (Å²) in [6, 6.07) is 4.72. The number of carbonyl (C=O) groups excluding carboxylic acids is 1. The van der Waals surface area contributed by atoms with Gasteiger partial charge in [0.25, 0.3) is 0 Å². The fraction of sp³-hybridized carbons (Fsp3) is 0. The van der Waals surface area contributed by atoms with Crippen LogP contribution in [0.5, 0.6) is 0 Å². The van der Waals surface area contributed by atoms with Crippen molar-refractivity contribution in [2.75, 3.05) is 0 Å². The second-order valence-electron chi connectivity index (χ2n) is 2.88. The number of hydrogen-bond acceptors (Lipinski definition) is 3. The van der Waals surface area contributed by atoms with Gasteiger partial charge in [-0.15, -0.1) is 0 Å². The van der Waals surface area contributed by atoms with Crippen LogP contribution in [0.2, 0.25) is 10.4 Å². The molecule has 0 aliphatic heterocycles. The second kappa shape index (κ2) is 3.64. The Balaban J connectivity index is 2.76. The van der Waals surface area contributed by atoms with Crippen LogP contribution in [0, 0.1) is 0 Å². The fourth-order valence-electron chi connectivity index (χ4n) is 1.22. The zero-order valence-corrected chi connectivity index (χ0v) is 8.88. The Morgan fingerprint density at radius 1 is 1.27 bits per heavy atom. The van der Waals surface area contributed by atoms with Crippen molar-refractivity contribution in [1.29, 1.82) is 0 Å². The number of benzene rings is 1. The minimum absolute atomic E-state index is 0.0362. The predicted octanol–water partition coefficient (Wildman–Crippen LogP) is 2.04. The van der Waals surface area contributed by atoms with E-state index in [0.29, 0.717) is 16.5 Å². The van der Waals surface area contributed by atoms with Gasteiger partial charge in [-0.2, -0.15) is 0 Å². The molecule has 0 saturated heterocycles. The molecule has 0 fully saturated rings. The zero-order valence-electron chi connectivity index (χ0n) is 7.37. The van der Waals surface area contributed by atoms with Gasteiger partial charge in [-0.05, 0) is 29.8 Å². The molecule has 1 heterocycles. The van der Waals surface area contributed by atoms with Crippen LogP contribution in [0.25, 0.3) is 10.9 Å². The molecule has 1 amide bonds. The number of primary amides is 1. The third-order valence-corrected chi connectivity index (χ3v) is 2.36. The number of amides is 1. The molecule has 1 aromatic heterocycles. The van der Waals surface area contributed by atoms with Crippen LogP contribution in [0.1, 0.15) is 10.4 Å². The summed E-state index contributed by atoms with van der Waals surface area (Å²) in [5.74, 6) is -0.525. The third-order valence-electron chi connectivity index (χ3n) is 1.91. The van der Waals surface area contributed by atoms with E-state index in [-0.39, 0.29) is 10.4 Å². The molecular formula is C9H5Cl2N3O. The summed E-state index contributed by atoms with van der Waals surface area (Å²) in [4.78, 5) is 18.6. The Labute approximate surface area is 95.0 Å². The summed E-state index contributed by atoms with van der Waals surface area (Å²) in [6.07, 6.45) is 0. The highest BCUT2D eigenvalue weighted by Crippen LogP contribution is 2.22. The molecular weight excluding hydrogens is 237 g/mol. The molecule has 0 aliphatic rings. The maximum absolute atomic E-state index is 10.9. The van der Waals surface area contributed by atoms with Crippen molar-refractivity contribution in [3.05, 3.63) is 34.2 Å². The highest BCUT2D eigenvalue weighted by molar-refractivity contribution is 6.35. The van der Waals surface area contributed by atoms with Gasteiger partial charge in [-0.3, -0.25) is 4.79 Å². The first kappa shape index (κ1) is 10.1. The van der Waals surface area contributed by atoms with Crippen molar-refractivity contribution in [3.8, 4) is 0 Å². The van der Waals surface area contributed by atoms with E-state index in [4.69, 9.17) is 28.9 Å². The summed E-state index contributed by atoms with van der Waals surface area (Å²) >= 11 is 11.5. The average Bonchev–Trinajstić information content (AvgIpc) is 2.16. The Morgan fingerprint density at radius 2 is 2.00 bits per heavy atom. The van der Waals surface area contributed by atoms with Crippen molar-refractivity contribution in [1.82, 2.24) is 9.97 Å². The van der Waals surface area contributed by atoms with E-state index in [1.807, 2.05) is 0 Å². The minimum atomic E-state index is -0.525. The SMILES string of the molecule is NC(=O)c1ccc2c(Cl)nc(Cl)nc2c1. The van der Waals surface area contributed by atoms with Gasteiger partial charge in [-0.25, -0.2) is 9.97 Å². The van der Waals surface area contributed by atoms with Gasteiger partial charge in [0.2, 0.25) is 11.2 Å². The molecule has 76 valence electrons. The first-order chi connectivity index (χ1) is 7.08. The molecule has 4 nitrogen and oxygen atoms in total. The van der Waals surface area contributed by atoms with Gasteiger partial charge in [-0.1, -0.05) is 11.6 Å². The van der Waals surface area contributed by atoms with Crippen LogP contribution in [-0.2, 0) is 0 Å². The fourth-order valence-corrected chi connectivity index (χ4v) is 1.68. The van der Waals surface area contributed by atoms with Crippen LogP contribution in [-0.4, -0.2) is 15.9 Å². The molecule has 2 N–H and O–H groups in total. The van der Waals surface area contributed by atoms with Gasteiger partial charge in [0.15, 0.2) is 0 Å². The topological polar surface area (TPSA) is 68.9 Å². The van der Waals surface area contributed by atoms with E-state index in [1.54, 1.807) is 12.1 Å². The van der Waals surface area contributed by atoms with Crippen LogP contribution < -0.4 is 5.73 Å². The number of carbonyl (C=O) groups is 1. The van der Waals surface area contributed by atoms with Crippen LogP contribution >= 0.6 is 23.2 Å². The lowest BCUT2D eigenvalue weighted by Gasteiger charge is -2.01. The highest BCUT2D eigenvalue weighted by Gasteiger charge is 2.07. The normalized spacial score (nSPS) is 10.5. The maximum Gasteiger partial charge on any atom is 0.248 e. The molecule has 0 aliphatic carbocycles. The molecule has 6 heteroatoms. The molecule has 0 radical (unpaired) electrons. The van der Waals surface area contributed by atoms with Gasteiger partial charge in [0, 0.05) is 10.9 Å². The summed E-state index contributed by atoms with van der Waals surface area (Å²) in [5, 5.41) is 0.918. The smallest absolute Gasteiger partial charge is 0.248 e. The van der Waals surface area contributed by atoms with E-state index < -0.39 is 5.91 Å². The second-order valence-corrected chi connectivity index (χ2v) is 3.58. The van der Waals surface area contributed by atoms with E-state index in [0.717, 1.165) is 0 Å². The van der Waals surface area contributed by atoms with E-state index in [2.05, 4.69) is 9.97 Å². The molecule has 0 atom stereocenters. The van der Waals surface area contributed by atoms with Crippen molar-refractivity contribution in [2.24, 2.45) is 5.73 Å². The summed E-state index contributed by atoms with van der Waals surface area (Å²) in [5.41, 5.74) is 5.98. The van der Waals surface area contributed by atoms with E-state index in [1.165, 1.54) is 6.07 Å². The number of rotatable bonds is 1. The lowest BCUT2D eigenvalue weighted by atomic mass is 10.1. The average molecular weight is 242 g/mol. The first-order valence-corrected chi connectivity index (χ1v) is 4.76. The lowest BCUT2D eigenvalue weighted by molar-refractivity contribution is 0.100. The summed E-state index contributed by atoms with van der Waals surface area (Å²) in [7, 11) is 0. The molecule has 2 rings (SSSR count). The number of aromatic nitrogens is 2. The minimum Gasteiger partial charge on any atom is -0.366 e. The maximum atomic E-state index is 10.9. The summed E-state index contributed by atoms with van der Waals surface area (Å²) in [6.45, 7) is 0. The van der Waals surface area contributed by atoms with Crippen LogP contribution in [0.3, 0.4) is 0 Å². The molecule has 0 saturated carbocycles. The summed E-state index contributed by atoms with van der Waals surface area (Å²) < 4.78 is 0. The Kier molecular flexibility index (Phi) is 2.46. The lowest BCUT2D eigenvalue weighted by Crippen LogP contribution is -2.10. The molecule has 15 heavy (non-hydrogen) atoms. The van der Waals surface area contributed by atoms with Crippen molar-refractivity contribution < 1.29 is 4.79 Å². The Bertz CT molecular complexity index is 556. The zero-order chi connectivity index (χ0) is 11.0. The molecule has 0 unspecified atom stereocenters. The third kappa shape index (κ3) is 1.86. The van der Waals surface area contributed by atoms with Crippen molar-refractivity contribution >= 4 is 40.0 Å². The molecule has 1 aromatic carbocycles. The van der Waals surface area contributed by atoms with Gasteiger partial charge in [0.1, 0.15) is 5.15 Å². The predicted molar refractivity (Wildman–Crippen MR) is 58.1 cm³/mol. The standard InChI is InChI=1S/C9H5Cl2N3O/c10-7-5-2-1-4(8(12)15)3-6(5)13-9(11)14-7/h1-3H,(H2,12,15). The quantitative estimate of drug-likeness (QED) is 0.614. The monoisotopic (exact) mass is 241 g/mol. The number of nitrogens with zero attached hydrogens (tertiary/aromatic N) is 2. The van der Waals surface area contributed by atoms with E-state index >= 15 is 0 Å². The first-order valence-electron chi connectivity index (χ1n) is 4.00. The molecule has 0 spiro atoms. The molecule has 2 aromatic rings. The highest BCUT2D eigenvalue weighted by atomic mass is 35.5.